The molecule has 1 amide bonds. The Morgan fingerprint density at radius 1 is 1.41 bits per heavy atom. The molecule has 0 atom stereocenters. The average molecular weight is 380 g/mol. The van der Waals surface area contributed by atoms with Crippen LogP contribution in [0.25, 0.3) is 10.6 Å². The summed E-state index contributed by atoms with van der Waals surface area (Å²) < 4.78 is 2.77. The van der Waals surface area contributed by atoms with Crippen LogP contribution < -0.4 is 5.32 Å². The minimum atomic E-state index is -0.252. The average Bonchev–Trinajstić information content (AvgIpc) is 3.16. The molecule has 3 rings (SSSR count). The number of carbonyl (C=O) groups is 1. The molecule has 0 aromatic carbocycles. The van der Waals surface area contributed by atoms with Crippen molar-refractivity contribution >= 4 is 38.9 Å². The largest absolute Gasteiger partial charge is 0.317 e. The summed E-state index contributed by atoms with van der Waals surface area (Å²) in [6.07, 6.45) is 0. The molecule has 6 nitrogen and oxygen atoms in total. The minimum Gasteiger partial charge on any atom is -0.317 e. The van der Waals surface area contributed by atoms with Gasteiger partial charge in [0.1, 0.15) is 0 Å². The maximum atomic E-state index is 12.3. The number of H-pyrrole nitrogens is 1. The first-order chi connectivity index (χ1) is 10.5. The summed E-state index contributed by atoms with van der Waals surface area (Å²) in [6.45, 7) is 3.77. The molecule has 0 saturated heterocycles. The van der Waals surface area contributed by atoms with E-state index in [0.29, 0.717) is 5.69 Å². The van der Waals surface area contributed by atoms with Crippen LogP contribution in [0.2, 0.25) is 0 Å². The lowest BCUT2D eigenvalue weighted by Gasteiger charge is -2.03. The van der Waals surface area contributed by atoms with Gasteiger partial charge in [-0.1, -0.05) is 0 Å². The summed E-state index contributed by atoms with van der Waals surface area (Å²) in [5, 5.41) is 14.1. The predicted octanol–water partition coefficient (Wildman–Crippen LogP) is 3.50. The number of nitrogens with zero attached hydrogens (tertiary/aromatic N) is 3. The van der Waals surface area contributed by atoms with Crippen LogP contribution in [0, 0.1) is 13.8 Å². The van der Waals surface area contributed by atoms with Crippen molar-refractivity contribution in [3.05, 3.63) is 39.1 Å². The number of aromatic amines is 1. The predicted molar refractivity (Wildman–Crippen MR) is 90.2 cm³/mol. The first-order valence-corrected chi connectivity index (χ1v) is 8.19. The van der Waals surface area contributed by atoms with Crippen molar-refractivity contribution < 1.29 is 4.79 Å². The topological polar surface area (TPSA) is 75.6 Å². The van der Waals surface area contributed by atoms with Gasteiger partial charge in [0.15, 0.2) is 5.69 Å². The van der Waals surface area contributed by atoms with Crippen molar-refractivity contribution in [2.24, 2.45) is 7.05 Å². The molecule has 8 heteroatoms. The van der Waals surface area contributed by atoms with Gasteiger partial charge in [0.05, 0.1) is 31.4 Å². The second-order valence-corrected chi connectivity index (χ2v) is 7.36. The number of hydrogen-bond donors (Lipinski definition) is 2. The van der Waals surface area contributed by atoms with Crippen molar-refractivity contribution in [3.63, 3.8) is 0 Å². The zero-order chi connectivity index (χ0) is 15.9. The molecule has 22 heavy (non-hydrogen) atoms. The number of thiophene rings is 1. The summed E-state index contributed by atoms with van der Waals surface area (Å²) in [6, 6.07) is 5.68. The molecule has 0 unspecified atom stereocenters. The summed E-state index contributed by atoms with van der Waals surface area (Å²) >= 11 is 5.00. The molecule has 3 heterocycles. The van der Waals surface area contributed by atoms with E-state index in [1.807, 2.05) is 33.0 Å². The second-order valence-electron chi connectivity index (χ2n) is 4.89. The molecule has 0 aliphatic heterocycles. The van der Waals surface area contributed by atoms with E-state index in [1.165, 1.54) is 0 Å². The molecule has 3 aromatic heterocycles. The molecule has 0 fully saturated rings. The Hall–Kier alpha value is -1.93. The molecule has 114 valence electrons. The van der Waals surface area contributed by atoms with E-state index in [2.05, 4.69) is 36.5 Å². The van der Waals surface area contributed by atoms with E-state index in [0.717, 1.165) is 31.4 Å². The summed E-state index contributed by atoms with van der Waals surface area (Å²) in [5.74, 6) is -0.252. The van der Waals surface area contributed by atoms with Crippen molar-refractivity contribution in [3.8, 4) is 10.6 Å². The molecule has 3 aromatic rings. The van der Waals surface area contributed by atoms with Gasteiger partial charge in [-0.3, -0.25) is 14.6 Å². The Kier molecular flexibility index (Phi) is 3.88. The fourth-order valence-corrected chi connectivity index (χ4v) is 3.51. The number of aromatic nitrogens is 4. The highest BCUT2D eigenvalue weighted by Crippen LogP contribution is 2.30. The highest BCUT2D eigenvalue weighted by molar-refractivity contribution is 9.11. The summed E-state index contributed by atoms with van der Waals surface area (Å²) in [4.78, 5) is 13.4. The third-order valence-corrected chi connectivity index (χ3v) is 5.05. The fourth-order valence-electron chi connectivity index (χ4n) is 2.16. The third-order valence-electron chi connectivity index (χ3n) is 3.40. The highest BCUT2D eigenvalue weighted by Gasteiger charge is 2.16. The van der Waals surface area contributed by atoms with Crippen LogP contribution in [0.4, 0.5) is 5.69 Å². The van der Waals surface area contributed by atoms with Gasteiger partial charge >= 0.3 is 0 Å². The third kappa shape index (κ3) is 2.71. The zero-order valence-corrected chi connectivity index (χ0v) is 14.7. The number of amides is 1. The Morgan fingerprint density at radius 2 is 2.18 bits per heavy atom. The number of halogens is 1. The fraction of sp³-hybridized carbons (Fsp3) is 0.214. The number of hydrogen-bond acceptors (Lipinski definition) is 4. The molecule has 0 bridgehead atoms. The smallest absolute Gasteiger partial charge is 0.276 e. The number of rotatable bonds is 3. The summed E-state index contributed by atoms with van der Waals surface area (Å²) in [5.41, 5.74) is 3.59. The number of aryl methyl sites for hydroxylation is 2. The van der Waals surface area contributed by atoms with Crippen LogP contribution >= 0.6 is 27.3 Å². The summed E-state index contributed by atoms with van der Waals surface area (Å²) in [7, 11) is 1.85. The van der Waals surface area contributed by atoms with Gasteiger partial charge < -0.3 is 5.32 Å². The molecule has 0 spiro atoms. The van der Waals surface area contributed by atoms with Crippen molar-refractivity contribution in [1.29, 1.82) is 0 Å². The molecular formula is C14H14BrN5OS. The molecular weight excluding hydrogens is 366 g/mol. The second kappa shape index (κ2) is 5.69. The zero-order valence-electron chi connectivity index (χ0n) is 12.3. The van der Waals surface area contributed by atoms with Crippen LogP contribution in [0.15, 0.2) is 22.0 Å². The van der Waals surface area contributed by atoms with Gasteiger partial charge in [0.25, 0.3) is 5.91 Å². The van der Waals surface area contributed by atoms with Gasteiger partial charge in [-0.2, -0.15) is 10.2 Å². The van der Waals surface area contributed by atoms with Crippen molar-refractivity contribution in [2.75, 3.05) is 5.32 Å². The van der Waals surface area contributed by atoms with Gasteiger partial charge in [0.2, 0.25) is 0 Å². The number of nitrogens with one attached hydrogen (secondary N) is 2. The van der Waals surface area contributed by atoms with Crippen LogP contribution in [-0.2, 0) is 7.05 Å². The lowest BCUT2D eigenvalue weighted by Crippen LogP contribution is -2.13. The van der Waals surface area contributed by atoms with E-state index >= 15 is 0 Å². The van der Waals surface area contributed by atoms with Crippen LogP contribution in [0.1, 0.15) is 21.9 Å². The first kappa shape index (κ1) is 15.0. The monoisotopic (exact) mass is 379 g/mol. The number of anilines is 1. The quantitative estimate of drug-likeness (QED) is 0.730. The van der Waals surface area contributed by atoms with Gasteiger partial charge in [0, 0.05) is 7.05 Å². The van der Waals surface area contributed by atoms with Crippen LogP contribution in [0.3, 0.4) is 0 Å². The highest BCUT2D eigenvalue weighted by atomic mass is 79.9. The molecule has 0 aliphatic carbocycles. The van der Waals surface area contributed by atoms with Crippen molar-refractivity contribution in [1.82, 2.24) is 20.0 Å². The van der Waals surface area contributed by atoms with Gasteiger partial charge in [-0.05, 0) is 48.0 Å². The SMILES string of the molecule is Cc1nn(C)c(C)c1NC(=O)c1cc(-c2ccc(Br)s2)[nH]n1. The Labute approximate surface area is 139 Å². The van der Waals surface area contributed by atoms with Crippen LogP contribution in [0.5, 0.6) is 0 Å². The standard InChI is InChI=1S/C14H14BrN5OS/c1-7-13(8(2)20(3)19-7)16-14(21)10-6-9(17-18-10)11-4-5-12(15)22-11/h4-6H,1-3H3,(H,16,21)(H,17,18). The van der Waals surface area contributed by atoms with E-state index in [1.54, 1.807) is 22.1 Å². The van der Waals surface area contributed by atoms with E-state index in [9.17, 15) is 4.79 Å². The molecule has 0 saturated carbocycles. The number of carbonyl (C=O) groups excluding carboxylic acids is 1. The first-order valence-electron chi connectivity index (χ1n) is 6.58. The van der Waals surface area contributed by atoms with Gasteiger partial charge in [-0.25, -0.2) is 0 Å². The van der Waals surface area contributed by atoms with Crippen LogP contribution in [-0.4, -0.2) is 25.9 Å². The lowest BCUT2D eigenvalue weighted by molar-refractivity contribution is 0.102. The lowest BCUT2D eigenvalue weighted by atomic mass is 10.2. The van der Waals surface area contributed by atoms with E-state index in [-0.39, 0.29) is 5.91 Å². The Bertz CT molecular complexity index is 847. The normalized spacial score (nSPS) is 10.9. The maximum Gasteiger partial charge on any atom is 0.276 e. The maximum absolute atomic E-state index is 12.3. The molecule has 2 N–H and O–H groups in total. The van der Waals surface area contributed by atoms with E-state index < -0.39 is 0 Å². The Morgan fingerprint density at radius 3 is 2.77 bits per heavy atom. The van der Waals surface area contributed by atoms with Crippen molar-refractivity contribution in [2.45, 2.75) is 13.8 Å². The van der Waals surface area contributed by atoms with Gasteiger partial charge in [-0.15, -0.1) is 11.3 Å². The van der Waals surface area contributed by atoms with E-state index in [4.69, 9.17) is 0 Å². The minimum absolute atomic E-state index is 0.252. The molecule has 0 radical (unpaired) electrons. The molecule has 0 aliphatic rings. The Balaban J connectivity index is 1.83.